The van der Waals surface area contributed by atoms with Gasteiger partial charge in [0, 0.05) is 48.9 Å². The lowest BCUT2D eigenvalue weighted by molar-refractivity contribution is 0.0765. The highest BCUT2D eigenvalue weighted by atomic mass is 32.2. The van der Waals surface area contributed by atoms with Gasteiger partial charge in [-0.2, -0.15) is 4.31 Å². The van der Waals surface area contributed by atoms with E-state index in [0.29, 0.717) is 33.5 Å². The SMILES string of the molecule is COCc1c(C(=O)N2CCCN(S(=O)(=O)c3ccc(F)cc3)CC2)sc2cccc(F)c12. The molecule has 0 aliphatic carbocycles. The summed E-state index contributed by atoms with van der Waals surface area (Å²) in [6.07, 6.45) is 0.449. The van der Waals surface area contributed by atoms with E-state index in [-0.39, 0.29) is 37.0 Å². The molecule has 1 saturated heterocycles. The van der Waals surface area contributed by atoms with Gasteiger partial charge in [-0.15, -0.1) is 11.3 Å². The molecule has 6 nitrogen and oxygen atoms in total. The number of amides is 1. The van der Waals surface area contributed by atoms with Crippen LogP contribution in [0.4, 0.5) is 8.78 Å². The van der Waals surface area contributed by atoms with Gasteiger partial charge in [-0.05, 0) is 42.8 Å². The third-order valence-electron chi connectivity index (χ3n) is 5.44. The van der Waals surface area contributed by atoms with E-state index >= 15 is 0 Å². The van der Waals surface area contributed by atoms with Gasteiger partial charge >= 0.3 is 0 Å². The quantitative estimate of drug-likeness (QED) is 0.556. The van der Waals surface area contributed by atoms with Crippen LogP contribution in [0, 0.1) is 11.6 Å². The molecule has 0 N–H and O–H groups in total. The van der Waals surface area contributed by atoms with Gasteiger partial charge in [0.05, 0.1) is 16.4 Å². The second-order valence-electron chi connectivity index (χ2n) is 7.46. The molecule has 1 fully saturated rings. The van der Waals surface area contributed by atoms with E-state index in [1.54, 1.807) is 17.0 Å². The first-order chi connectivity index (χ1) is 15.3. The summed E-state index contributed by atoms with van der Waals surface area (Å²) in [5.74, 6) is -1.18. The standard InChI is InChI=1S/C22H22F2N2O4S2/c1-30-14-17-20-18(24)4-2-5-19(20)31-21(17)22(27)25-10-3-11-26(13-12-25)32(28,29)16-8-6-15(23)7-9-16/h2,4-9H,3,10-14H2,1H3. The van der Waals surface area contributed by atoms with Crippen LogP contribution in [0.1, 0.15) is 21.7 Å². The summed E-state index contributed by atoms with van der Waals surface area (Å²) < 4.78 is 60.7. The average Bonchev–Trinajstić information content (AvgIpc) is 2.96. The predicted molar refractivity (Wildman–Crippen MR) is 118 cm³/mol. The molecule has 2 heterocycles. The number of hydrogen-bond donors (Lipinski definition) is 0. The summed E-state index contributed by atoms with van der Waals surface area (Å²) in [5, 5.41) is 0.387. The second-order valence-corrected chi connectivity index (χ2v) is 10.4. The summed E-state index contributed by atoms with van der Waals surface area (Å²) in [6, 6.07) is 9.41. The molecule has 0 radical (unpaired) electrons. The summed E-state index contributed by atoms with van der Waals surface area (Å²) in [6.45, 7) is 1.03. The van der Waals surface area contributed by atoms with Crippen LogP contribution in [0.3, 0.4) is 0 Å². The zero-order valence-corrected chi connectivity index (χ0v) is 19.0. The van der Waals surface area contributed by atoms with Crippen molar-refractivity contribution in [1.82, 2.24) is 9.21 Å². The maximum Gasteiger partial charge on any atom is 0.264 e. The van der Waals surface area contributed by atoms with Gasteiger partial charge in [0.2, 0.25) is 10.0 Å². The fourth-order valence-electron chi connectivity index (χ4n) is 3.86. The Kier molecular flexibility index (Phi) is 6.57. The van der Waals surface area contributed by atoms with Crippen LogP contribution in [0.2, 0.25) is 0 Å². The van der Waals surface area contributed by atoms with Gasteiger partial charge in [0.25, 0.3) is 5.91 Å². The molecule has 1 aliphatic heterocycles. The topological polar surface area (TPSA) is 66.9 Å². The van der Waals surface area contributed by atoms with Crippen molar-refractivity contribution in [2.75, 3.05) is 33.3 Å². The Morgan fingerprint density at radius 1 is 1.06 bits per heavy atom. The normalized spacial score (nSPS) is 15.8. The van der Waals surface area contributed by atoms with E-state index in [1.165, 1.54) is 41.0 Å². The van der Waals surface area contributed by atoms with E-state index in [0.717, 1.165) is 12.1 Å². The maximum absolute atomic E-state index is 14.5. The van der Waals surface area contributed by atoms with E-state index in [4.69, 9.17) is 4.74 Å². The zero-order valence-electron chi connectivity index (χ0n) is 17.4. The first kappa shape index (κ1) is 22.8. The van der Waals surface area contributed by atoms with Gasteiger partial charge in [-0.25, -0.2) is 17.2 Å². The minimum Gasteiger partial charge on any atom is -0.380 e. The van der Waals surface area contributed by atoms with Crippen LogP contribution in [0.25, 0.3) is 10.1 Å². The second kappa shape index (κ2) is 9.22. The molecule has 1 aromatic heterocycles. The summed E-state index contributed by atoms with van der Waals surface area (Å²) >= 11 is 1.21. The molecule has 3 aromatic rings. The minimum absolute atomic E-state index is 0.0149. The van der Waals surface area contributed by atoms with Crippen molar-refractivity contribution < 1.29 is 26.7 Å². The molecule has 0 bridgehead atoms. The number of rotatable bonds is 5. The first-order valence-electron chi connectivity index (χ1n) is 10.1. The van der Waals surface area contributed by atoms with Crippen LogP contribution in [0.15, 0.2) is 47.4 Å². The van der Waals surface area contributed by atoms with Crippen LogP contribution < -0.4 is 0 Å². The Hall–Kier alpha value is -2.40. The molecular weight excluding hydrogens is 458 g/mol. The first-order valence-corrected chi connectivity index (χ1v) is 12.3. The highest BCUT2D eigenvalue weighted by Gasteiger charge is 2.30. The Morgan fingerprint density at radius 2 is 1.81 bits per heavy atom. The van der Waals surface area contributed by atoms with E-state index in [9.17, 15) is 22.0 Å². The van der Waals surface area contributed by atoms with Crippen LogP contribution in [0.5, 0.6) is 0 Å². The number of ether oxygens (including phenoxy) is 1. The zero-order chi connectivity index (χ0) is 22.9. The molecule has 0 saturated carbocycles. The number of benzene rings is 2. The lowest BCUT2D eigenvalue weighted by Crippen LogP contribution is -2.37. The summed E-state index contributed by atoms with van der Waals surface area (Å²) in [4.78, 5) is 15.4. The van der Waals surface area contributed by atoms with E-state index < -0.39 is 21.7 Å². The molecule has 0 atom stereocenters. The van der Waals surface area contributed by atoms with Crippen molar-refractivity contribution in [3.63, 3.8) is 0 Å². The third-order valence-corrected chi connectivity index (χ3v) is 8.54. The van der Waals surface area contributed by atoms with Crippen LogP contribution >= 0.6 is 11.3 Å². The fourth-order valence-corrected chi connectivity index (χ4v) is 6.52. The number of sulfonamides is 1. The Labute approximate surface area is 189 Å². The monoisotopic (exact) mass is 480 g/mol. The highest BCUT2D eigenvalue weighted by Crippen LogP contribution is 2.35. The lowest BCUT2D eigenvalue weighted by atomic mass is 10.1. The number of fused-ring (bicyclic) bond motifs is 1. The number of thiophene rings is 1. The molecule has 4 rings (SSSR count). The third kappa shape index (κ3) is 4.27. The highest BCUT2D eigenvalue weighted by molar-refractivity contribution is 7.89. The number of nitrogens with zero attached hydrogens (tertiary/aromatic N) is 2. The van der Waals surface area contributed by atoms with Crippen molar-refractivity contribution in [2.45, 2.75) is 17.9 Å². The maximum atomic E-state index is 14.5. The number of methoxy groups -OCH3 is 1. The van der Waals surface area contributed by atoms with E-state index in [2.05, 4.69) is 0 Å². The molecule has 1 aliphatic rings. The van der Waals surface area contributed by atoms with Gasteiger partial charge in [0.1, 0.15) is 11.6 Å². The Bertz CT molecular complexity index is 1240. The summed E-state index contributed by atoms with van der Waals surface area (Å²) in [5.41, 5.74) is 0.510. The van der Waals surface area contributed by atoms with E-state index in [1.807, 2.05) is 0 Å². The van der Waals surface area contributed by atoms with Gasteiger partial charge < -0.3 is 9.64 Å². The van der Waals surface area contributed by atoms with Crippen molar-refractivity contribution in [3.05, 3.63) is 64.5 Å². The lowest BCUT2D eigenvalue weighted by Gasteiger charge is -2.22. The van der Waals surface area contributed by atoms with Crippen molar-refractivity contribution in [3.8, 4) is 0 Å². The molecule has 2 aromatic carbocycles. The van der Waals surface area contributed by atoms with Crippen molar-refractivity contribution >= 4 is 37.4 Å². The van der Waals surface area contributed by atoms with Gasteiger partial charge in [0.15, 0.2) is 0 Å². The average molecular weight is 481 g/mol. The number of carbonyl (C=O) groups is 1. The van der Waals surface area contributed by atoms with Crippen molar-refractivity contribution in [2.24, 2.45) is 0 Å². The molecular formula is C22H22F2N2O4S2. The molecule has 170 valence electrons. The molecule has 10 heteroatoms. The van der Waals surface area contributed by atoms with Gasteiger partial charge in [-0.1, -0.05) is 6.07 Å². The number of carbonyl (C=O) groups excluding carboxylic acids is 1. The number of halogens is 2. The molecule has 0 spiro atoms. The molecule has 1 amide bonds. The fraction of sp³-hybridized carbons (Fsp3) is 0.318. The molecule has 0 unspecified atom stereocenters. The van der Waals surface area contributed by atoms with Crippen LogP contribution in [-0.2, 0) is 21.4 Å². The van der Waals surface area contributed by atoms with Gasteiger partial charge in [-0.3, -0.25) is 4.79 Å². The Balaban J connectivity index is 1.58. The molecule has 32 heavy (non-hydrogen) atoms. The largest absolute Gasteiger partial charge is 0.380 e. The smallest absolute Gasteiger partial charge is 0.264 e. The number of hydrogen-bond acceptors (Lipinski definition) is 5. The van der Waals surface area contributed by atoms with Crippen LogP contribution in [-0.4, -0.2) is 56.8 Å². The minimum atomic E-state index is -3.80. The predicted octanol–water partition coefficient (Wildman–Crippen LogP) is 3.86. The Morgan fingerprint density at radius 3 is 2.53 bits per heavy atom. The van der Waals surface area contributed by atoms with Crippen molar-refractivity contribution in [1.29, 1.82) is 0 Å². The summed E-state index contributed by atoms with van der Waals surface area (Å²) in [7, 11) is -2.31.